The predicted molar refractivity (Wildman–Crippen MR) is 62.6 cm³/mol. The Kier molecular flexibility index (Phi) is 4.36. The molecule has 2 rings (SSSR count). The molecule has 0 spiro atoms. The smallest absolute Gasteiger partial charge is 0.213 e. The lowest BCUT2D eigenvalue weighted by Crippen LogP contribution is -2.43. The second-order valence-electron chi connectivity index (χ2n) is 3.97. The molecule has 0 aromatic carbocycles. The first kappa shape index (κ1) is 12.3. The number of ether oxygens (including phenoxy) is 1. The average Bonchev–Trinajstić information content (AvgIpc) is 2.19. The van der Waals surface area contributed by atoms with E-state index in [-0.39, 0.29) is 18.0 Å². The van der Waals surface area contributed by atoms with Crippen molar-refractivity contribution in [2.45, 2.75) is 25.4 Å². The number of rotatable bonds is 2. The molecule has 2 heterocycles. The summed E-state index contributed by atoms with van der Waals surface area (Å²) in [6.07, 6.45) is 3.85. The van der Waals surface area contributed by atoms with E-state index < -0.39 is 0 Å². The maximum atomic E-state index is 5.89. The van der Waals surface area contributed by atoms with Gasteiger partial charge in [0.25, 0.3) is 0 Å². The van der Waals surface area contributed by atoms with E-state index in [1.54, 1.807) is 6.20 Å². The summed E-state index contributed by atoms with van der Waals surface area (Å²) < 4.78 is 5.89. The van der Waals surface area contributed by atoms with Crippen molar-refractivity contribution in [2.24, 2.45) is 0 Å². The van der Waals surface area contributed by atoms with Crippen LogP contribution in [0.25, 0.3) is 0 Å². The van der Waals surface area contributed by atoms with Crippen molar-refractivity contribution in [1.82, 2.24) is 10.3 Å². The Hall–Kier alpha value is -0.800. The molecule has 0 aliphatic carbocycles. The van der Waals surface area contributed by atoms with Crippen LogP contribution >= 0.6 is 12.4 Å². The maximum absolute atomic E-state index is 5.89. The second kappa shape index (κ2) is 5.33. The molecule has 1 aromatic heterocycles. The van der Waals surface area contributed by atoms with Crippen molar-refractivity contribution in [3.8, 4) is 5.88 Å². The van der Waals surface area contributed by atoms with Crippen LogP contribution in [0.15, 0.2) is 24.4 Å². The highest BCUT2D eigenvalue weighted by Crippen LogP contribution is 2.23. The van der Waals surface area contributed by atoms with Crippen LogP contribution in [-0.4, -0.2) is 23.7 Å². The molecule has 0 saturated carbocycles. The van der Waals surface area contributed by atoms with Gasteiger partial charge in [0.1, 0.15) is 5.60 Å². The number of halogens is 1. The number of piperidine rings is 1. The zero-order valence-corrected chi connectivity index (χ0v) is 9.72. The van der Waals surface area contributed by atoms with Crippen LogP contribution in [0.2, 0.25) is 0 Å². The lowest BCUT2D eigenvalue weighted by molar-refractivity contribution is 0.0508. The molecule has 84 valence electrons. The quantitative estimate of drug-likeness (QED) is 0.841. The molecule has 1 saturated heterocycles. The standard InChI is InChI=1S/C11H16N2O.ClH/c1-11(5-8-12-9-6-11)14-10-4-2-3-7-13-10;/h2-4,7,12H,5-6,8-9H2,1H3;1H. The fourth-order valence-corrected chi connectivity index (χ4v) is 1.72. The third kappa shape index (κ3) is 3.36. The number of nitrogens with zero attached hydrogens (tertiary/aromatic N) is 1. The van der Waals surface area contributed by atoms with Gasteiger partial charge in [-0.2, -0.15) is 0 Å². The fraction of sp³-hybridized carbons (Fsp3) is 0.545. The van der Waals surface area contributed by atoms with Gasteiger partial charge in [0.05, 0.1) is 0 Å². The number of hydrogen-bond donors (Lipinski definition) is 1. The molecule has 1 aliphatic heterocycles. The maximum Gasteiger partial charge on any atom is 0.213 e. The first-order valence-electron chi connectivity index (χ1n) is 5.09. The van der Waals surface area contributed by atoms with Gasteiger partial charge in [-0.1, -0.05) is 6.07 Å². The number of aromatic nitrogens is 1. The van der Waals surface area contributed by atoms with Crippen LogP contribution in [0.4, 0.5) is 0 Å². The Bertz CT molecular complexity index is 286. The van der Waals surface area contributed by atoms with Gasteiger partial charge in [0.15, 0.2) is 0 Å². The van der Waals surface area contributed by atoms with Crippen molar-refractivity contribution < 1.29 is 4.74 Å². The van der Waals surface area contributed by atoms with E-state index in [1.165, 1.54) is 0 Å². The lowest BCUT2D eigenvalue weighted by atomic mass is 9.95. The molecule has 3 nitrogen and oxygen atoms in total. The average molecular weight is 229 g/mol. The first-order chi connectivity index (χ1) is 6.79. The Balaban J connectivity index is 0.00000112. The molecule has 0 radical (unpaired) electrons. The predicted octanol–water partition coefficient (Wildman–Crippen LogP) is 2.02. The number of nitrogens with one attached hydrogen (secondary N) is 1. The van der Waals surface area contributed by atoms with Crippen molar-refractivity contribution in [3.63, 3.8) is 0 Å². The third-order valence-electron chi connectivity index (χ3n) is 2.65. The van der Waals surface area contributed by atoms with E-state index in [1.807, 2.05) is 18.2 Å². The van der Waals surface area contributed by atoms with Gasteiger partial charge in [0.2, 0.25) is 5.88 Å². The molecule has 1 N–H and O–H groups in total. The SMILES string of the molecule is CC1(Oc2ccccn2)CCNCC1.Cl. The molecule has 0 amide bonds. The highest BCUT2D eigenvalue weighted by Gasteiger charge is 2.28. The minimum atomic E-state index is -0.0421. The largest absolute Gasteiger partial charge is 0.471 e. The van der Waals surface area contributed by atoms with E-state index >= 15 is 0 Å². The summed E-state index contributed by atoms with van der Waals surface area (Å²) in [7, 11) is 0. The van der Waals surface area contributed by atoms with Gasteiger partial charge in [-0.05, 0) is 38.9 Å². The minimum Gasteiger partial charge on any atom is -0.471 e. The zero-order valence-electron chi connectivity index (χ0n) is 8.90. The van der Waals surface area contributed by atoms with Crippen LogP contribution < -0.4 is 10.1 Å². The molecule has 0 unspecified atom stereocenters. The summed E-state index contributed by atoms with van der Waals surface area (Å²) in [6, 6.07) is 5.76. The van der Waals surface area contributed by atoms with E-state index in [0.717, 1.165) is 31.8 Å². The van der Waals surface area contributed by atoms with E-state index in [0.29, 0.717) is 0 Å². The van der Waals surface area contributed by atoms with Crippen molar-refractivity contribution in [2.75, 3.05) is 13.1 Å². The summed E-state index contributed by atoms with van der Waals surface area (Å²) in [5, 5.41) is 3.33. The van der Waals surface area contributed by atoms with Crippen molar-refractivity contribution in [1.29, 1.82) is 0 Å². The Morgan fingerprint density at radius 1 is 1.33 bits per heavy atom. The molecule has 1 aromatic rings. The monoisotopic (exact) mass is 228 g/mol. The molecule has 0 bridgehead atoms. The van der Waals surface area contributed by atoms with Gasteiger partial charge >= 0.3 is 0 Å². The molecule has 1 aliphatic rings. The van der Waals surface area contributed by atoms with Gasteiger partial charge in [-0.15, -0.1) is 12.4 Å². The van der Waals surface area contributed by atoms with Crippen LogP contribution in [0.3, 0.4) is 0 Å². The van der Waals surface area contributed by atoms with E-state index in [2.05, 4.69) is 17.2 Å². The zero-order chi connectivity index (χ0) is 9.86. The fourth-order valence-electron chi connectivity index (χ4n) is 1.72. The van der Waals surface area contributed by atoms with Gasteiger partial charge in [-0.25, -0.2) is 4.98 Å². The molecule has 1 fully saturated rings. The number of pyridine rings is 1. The van der Waals surface area contributed by atoms with E-state index in [9.17, 15) is 0 Å². The molecular weight excluding hydrogens is 212 g/mol. The minimum absolute atomic E-state index is 0. The normalized spacial score (nSPS) is 19.0. The number of hydrogen-bond acceptors (Lipinski definition) is 3. The first-order valence-corrected chi connectivity index (χ1v) is 5.09. The van der Waals surface area contributed by atoms with Gasteiger partial charge < -0.3 is 10.1 Å². The highest BCUT2D eigenvalue weighted by molar-refractivity contribution is 5.85. The molecule has 4 heteroatoms. The summed E-state index contributed by atoms with van der Waals surface area (Å²) in [6.45, 7) is 4.22. The summed E-state index contributed by atoms with van der Waals surface area (Å²) in [4.78, 5) is 4.18. The van der Waals surface area contributed by atoms with Crippen LogP contribution in [0.5, 0.6) is 5.88 Å². The Morgan fingerprint density at radius 3 is 2.67 bits per heavy atom. The summed E-state index contributed by atoms with van der Waals surface area (Å²) >= 11 is 0. The van der Waals surface area contributed by atoms with Crippen LogP contribution in [0, 0.1) is 0 Å². The van der Waals surface area contributed by atoms with Crippen LogP contribution in [0.1, 0.15) is 19.8 Å². The third-order valence-corrected chi connectivity index (χ3v) is 2.65. The van der Waals surface area contributed by atoms with Crippen molar-refractivity contribution in [3.05, 3.63) is 24.4 Å². The van der Waals surface area contributed by atoms with Crippen LogP contribution in [-0.2, 0) is 0 Å². The molecule has 15 heavy (non-hydrogen) atoms. The second-order valence-corrected chi connectivity index (χ2v) is 3.97. The van der Waals surface area contributed by atoms with Crippen molar-refractivity contribution >= 4 is 12.4 Å². The summed E-state index contributed by atoms with van der Waals surface area (Å²) in [5.74, 6) is 0.733. The summed E-state index contributed by atoms with van der Waals surface area (Å²) in [5.41, 5.74) is -0.0421. The Morgan fingerprint density at radius 2 is 2.07 bits per heavy atom. The van der Waals surface area contributed by atoms with E-state index in [4.69, 9.17) is 4.74 Å². The van der Waals surface area contributed by atoms with Gasteiger partial charge in [-0.3, -0.25) is 0 Å². The topological polar surface area (TPSA) is 34.1 Å². The molecular formula is C11H17ClN2O. The molecule has 0 atom stereocenters. The Labute approximate surface area is 96.7 Å². The highest BCUT2D eigenvalue weighted by atomic mass is 35.5. The lowest BCUT2D eigenvalue weighted by Gasteiger charge is -2.34. The van der Waals surface area contributed by atoms with Gasteiger partial charge in [0, 0.05) is 12.3 Å².